The number of nitrogens with zero attached hydrogens (tertiary/aromatic N) is 1. The summed E-state index contributed by atoms with van der Waals surface area (Å²) in [7, 11) is -1.74. The first-order valence-electron chi connectivity index (χ1n) is 9.41. The van der Waals surface area contributed by atoms with E-state index in [1.54, 1.807) is 13.8 Å². The molecular weight excluding hydrogens is 366 g/mol. The predicted molar refractivity (Wildman–Crippen MR) is 105 cm³/mol. The van der Waals surface area contributed by atoms with E-state index in [1.807, 2.05) is 0 Å². The Labute approximate surface area is 163 Å². The highest BCUT2D eigenvalue weighted by molar-refractivity contribution is 6.82. The molecule has 1 heterocycles. The van der Waals surface area contributed by atoms with Gasteiger partial charge in [0.1, 0.15) is 5.60 Å². The minimum atomic E-state index is -1.74. The molecule has 1 saturated heterocycles. The van der Waals surface area contributed by atoms with Crippen molar-refractivity contribution >= 4 is 26.0 Å². The number of imide groups is 1. The van der Waals surface area contributed by atoms with Crippen LogP contribution in [0.5, 0.6) is 0 Å². The molecule has 7 nitrogen and oxygen atoms in total. The molecule has 0 aromatic heterocycles. The predicted octanol–water partition coefficient (Wildman–Crippen LogP) is 4.22. The number of hydrogen-bond acceptors (Lipinski definition) is 6. The second-order valence-electron chi connectivity index (χ2n) is 9.77. The maximum Gasteiger partial charge on any atom is 0.534 e. The number of carbonyl (C=O) groups excluding carboxylic acids is 3. The monoisotopic (exact) mass is 401 g/mol. The maximum atomic E-state index is 11.9. The first-order chi connectivity index (χ1) is 12.0. The van der Waals surface area contributed by atoms with E-state index in [9.17, 15) is 14.4 Å². The second kappa shape index (κ2) is 7.91. The highest BCUT2D eigenvalue weighted by Gasteiger charge is 2.48. The first-order valence-corrected chi connectivity index (χ1v) is 12.4. The van der Waals surface area contributed by atoms with E-state index in [2.05, 4.69) is 47.7 Å². The number of hydroxylamine groups is 2. The average molecular weight is 402 g/mol. The van der Waals surface area contributed by atoms with Crippen molar-refractivity contribution in [3.8, 4) is 0 Å². The van der Waals surface area contributed by atoms with Gasteiger partial charge in [-0.2, -0.15) is 0 Å². The summed E-state index contributed by atoms with van der Waals surface area (Å²) in [5.74, 6) is -1.07. The summed E-state index contributed by atoms with van der Waals surface area (Å²) in [5.41, 5.74) is -0.855. The van der Waals surface area contributed by atoms with Gasteiger partial charge in [0, 0.05) is 19.3 Å². The van der Waals surface area contributed by atoms with Crippen LogP contribution < -0.4 is 0 Å². The van der Waals surface area contributed by atoms with Gasteiger partial charge in [-0.05, 0) is 32.7 Å². The Balaban J connectivity index is 2.57. The SMILES string of the molecule is CC(C)(CCOC(C)(C)[Si](C)(C)C(C)(C)C)OC(=O)ON1C(=O)CCC1=O. The molecule has 8 heteroatoms. The van der Waals surface area contributed by atoms with Crippen LogP contribution in [0.2, 0.25) is 18.1 Å². The largest absolute Gasteiger partial charge is 0.534 e. The van der Waals surface area contributed by atoms with E-state index in [-0.39, 0.29) is 23.1 Å². The molecule has 0 atom stereocenters. The Morgan fingerprint density at radius 2 is 1.48 bits per heavy atom. The number of rotatable bonds is 7. The van der Waals surface area contributed by atoms with Crippen molar-refractivity contribution in [3.63, 3.8) is 0 Å². The highest BCUT2D eigenvalue weighted by atomic mass is 28.3. The fraction of sp³-hybridized carbons (Fsp3) is 0.842. The van der Waals surface area contributed by atoms with E-state index in [4.69, 9.17) is 14.3 Å². The third kappa shape index (κ3) is 5.78. The van der Waals surface area contributed by atoms with Gasteiger partial charge in [-0.1, -0.05) is 38.9 Å². The summed E-state index contributed by atoms with van der Waals surface area (Å²) in [6, 6.07) is 0. The molecule has 1 fully saturated rings. The van der Waals surface area contributed by atoms with Gasteiger partial charge in [0.25, 0.3) is 11.8 Å². The van der Waals surface area contributed by atoms with Crippen molar-refractivity contribution in [2.45, 2.75) is 96.7 Å². The topological polar surface area (TPSA) is 82.1 Å². The van der Waals surface area contributed by atoms with Gasteiger partial charge in [-0.25, -0.2) is 4.79 Å². The van der Waals surface area contributed by atoms with Crippen LogP contribution in [-0.4, -0.2) is 48.5 Å². The summed E-state index contributed by atoms with van der Waals surface area (Å²) in [4.78, 5) is 39.7. The standard InChI is InChI=1S/C19H35NO6Si/c1-17(2,3)27(8,9)19(6,7)24-13-12-18(4,5)25-16(23)26-20-14(21)10-11-15(20)22/h10-13H2,1-9H3. The van der Waals surface area contributed by atoms with Crippen LogP contribution in [0, 0.1) is 0 Å². The van der Waals surface area contributed by atoms with E-state index in [1.165, 1.54) is 0 Å². The zero-order valence-corrected chi connectivity index (χ0v) is 19.2. The van der Waals surface area contributed by atoms with Crippen LogP contribution in [-0.2, 0) is 23.9 Å². The molecule has 0 aromatic rings. The van der Waals surface area contributed by atoms with Crippen molar-refractivity contribution in [2.24, 2.45) is 0 Å². The van der Waals surface area contributed by atoms with Crippen molar-refractivity contribution in [2.75, 3.05) is 6.61 Å². The molecule has 0 N–H and O–H groups in total. The van der Waals surface area contributed by atoms with Crippen molar-refractivity contribution in [1.82, 2.24) is 5.06 Å². The summed E-state index contributed by atoms with van der Waals surface area (Å²) < 4.78 is 11.5. The Kier molecular flexibility index (Phi) is 6.92. The number of ether oxygens (including phenoxy) is 2. The lowest BCUT2D eigenvalue weighted by molar-refractivity contribution is -0.181. The molecule has 156 valence electrons. The molecule has 0 spiro atoms. The molecule has 0 aliphatic carbocycles. The Morgan fingerprint density at radius 1 is 1.00 bits per heavy atom. The van der Waals surface area contributed by atoms with Gasteiger partial charge in [0.15, 0.2) is 0 Å². The van der Waals surface area contributed by atoms with Crippen LogP contribution in [0.15, 0.2) is 0 Å². The van der Waals surface area contributed by atoms with Crippen LogP contribution in [0.25, 0.3) is 0 Å². The summed E-state index contributed by atoms with van der Waals surface area (Å²) >= 11 is 0. The number of amides is 2. The van der Waals surface area contributed by atoms with Crippen LogP contribution >= 0.6 is 0 Å². The minimum Gasteiger partial charge on any atom is -0.427 e. The third-order valence-corrected chi connectivity index (χ3v) is 13.0. The fourth-order valence-electron chi connectivity index (χ4n) is 2.66. The van der Waals surface area contributed by atoms with Crippen molar-refractivity contribution < 1.29 is 28.7 Å². The average Bonchev–Trinajstić information content (AvgIpc) is 2.76. The number of carbonyl (C=O) groups is 3. The van der Waals surface area contributed by atoms with E-state index < -0.39 is 31.6 Å². The third-order valence-electron chi connectivity index (χ3n) is 6.08. The summed E-state index contributed by atoms with van der Waals surface area (Å²) in [6.45, 7) is 19.5. The molecule has 0 unspecified atom stereocenters. The molecule has 0 aromatic carbocycles. The van der Waals surface area contributed by atoms with Gasteiger partial charge in [0.2, 0.25) is 0 Å². The van der Waals surface area contributed by atoms with Crippen molar-refractivity contribution in [3.05, 3.63) is 0 Å². The Hall–Kier alpha value is -1.41. The fourth-order valence-corrected chi connectivity index (χ4v) is 4.93. The lowest BCUT2D eigenvalue weighted by Crippen LogP contribution is -2.58. The Bertz CT molecular complexity index is 575. The van der Waals surface area contributed by atoms with E-state index in [0.717, 1.165) is 0 Å². The summed E-state index contributed by atoms with van der Waals surface area (Å²) in [5, 5.41) is 0.410. The quantitative estimate of drug-likeness (QED) is 0.361. The smallest absolute Gasteiger partial charge is 0.427 e. The molecule has 2 amide bonds. The minimum absolute atomic E-state index is 0.0475. The first kappa shape index (κ1) is 23.6. The molecule has 0 bridgehead atoms. The maximum absolute atomic E-state index is 11.9. The molecule has 1 aliphatic heterocycles. The molecule has 1 aliphatic rings. The zero-order valence-electron chi connectivity index (χ0n) is 18.2. The molecular formula is C19H35NO6Si. The highest BCUT2D eigenvalue weighted by Crippen LogP contribution is 2.44. The van der Waals surface area contributed by atoms with E-state index in [0.29, 0.717) is 18.1 Å². The Morgan fingerprint density at radius 3 is 1.93 bits per heavy atom. The second-order valence-corrected chi connectivity index (χ2v) is 15.7. The molecule has 0 radical (unpaired) electrons. The van der Waals surface area contributed by atoms with E-state index >= 15 is 0 Å². The van der Waals surface area contributed by atoms with Gasteiger partial charge in [-0.15, -0.1) is 0 Å². The van der Waals surface area contributed by atoms with Gasteiger partial charge in [-0.3, -0.25) is 14.4 Å². The van der Waals surface area contributed by atoms with Crippen LogP contribution in [0.3, 0.4) is 0 Å². The molecule has 0 saturated carbocycles. The lowest BCUT2D eigenvalue weighted by atomic mass is 10.1. The van der Waals surface area contributed by atoms with Crippen LogP contribution in [0.4, 0.5) is 4.79 Å². The lowest BCUT2D eigenvalue weighted by Gasteiger charge is -2.48. The number of hydrogen-bond donors (Lipinski definition) is 0. The summed E-state index contributed by atoms with van der Waals surface area (Å²) in [6.07, 6.45) is -0.507. The van der Waals surface area contributed by atoms with Crippen LogP contribution in [0.1, 0.15) is 67.7 Å². The van der Waals surface area contributed by atoms with Crippen molar-refractivity contribution in [1.29, 1.82) is 0 Å². The normalized spacial score (nSPS) is 16.7. The molecule has 1 rings (SSSR count). The molecule has 27 heavy (non-hydrogen) atoms. The zero-order chi connectivity index (χ0) is 21.3. The van der Waals surface area contributed by atoms with Gasteiger partial charge in [0.05, 0.1) is 19.9 Å². The van der Waals surface area contributed by atoms with Gasteiger partial charge < -0.3 is 9.47 Å². The van der Waals surface area contributed by atoms with Gasteiger partial charge >= 0.3 is 6.16 Å².